The van der Waals surface area contributed by atoms with E-state index in [1.807, 2.05) is 9.95 Å². The minimum absolute atomic E-state index is 0.215. The Bertz CT molecular complexity index is 823. The van der Waals surface area contributed by atoms with Crippen molar-refractivity contribution in [3.05, 3.63) is 39.3 Å². The van der Waals surface area contributed by atoms with Crippen LogP contribution in [0.15, 0.2) is 23.7 Å². The first-order valence-corrected chi connectivity index (χ1v) is 7.74. The van der Waals surface area contributed by atoms with E-state index in [-0.39, 0.29) is 11.7 Å². The van der Waals surface area contributed by atoms with E-state index < -0.39 is 5.82 Å². The van der Waals surface area contributed by atoms with Crippen LogP contribution in [0.5, 0.6) is 5.75 Å². The first-order chi connectivity index (χ1) is 10.1. The number of halogens is 1. The predicted molar refractivity (Wildman–Crippen MR) is 84.2 cm³/mol. The van der Waals surface area contributed by atoms with Crippen LogP contribution >= 0.6 is 23.6 Å². The molecule has 110 valence electrons. The molecule has 0 saturated heterocycles. The molecule has 0 radical (unpaired) electrons. The molecule has 3 rings (SSSR count). The van der Waals surface area contributed by atoms with Crippen molar-refractivity contribution in [3.63, 3.8) is 0 Å². The van der Waals surface area contributed by atoms with Gasteiger partial charge in [0.2, 0.25) is 0 Å². The van der Waals surface area contributed by atoms with Gasteiger partial charge in [-0.3, -0.25) is 0 Å². The summed E-state index contributed by atoms with van der Waals surface area (Å²) in [6.07, 6.45) is 1.80. The molecule has 0 fully saturated rings. The SMILES string of the molecule is COc1cc2c(cc1F)[nH]c(=S)n2CC(C)c1nccs1. The highest BCUT2D eigenvalue weighted by molar-refractivity contribution is 7.71. The van der Waals surface area contributed by atoms with Gasteiger partial charge in [-0.15, -0.1) is 11.3 Å². The summed E-state index contributed by atoms with van der Waals surface area (Å²) in [5.74, 6) is 0.0419. The van der Waals surface area contributed by atoms with Gasteiger partial charge in [0.1, 0.15) is 0 Å². The topological polar surface area (TPSA) is 42.8 Å². The molecule has 21 heavy (non-hydrogen) atoms. The Morgan fingerprint density at radius 1 is 1.52 bits per heavy atom. The summed E-state index contributed by atoms with van der Waals surface area (Å²) in [4.78, 5) is 7.37. The lowest BCUT2D eigenvalue weighted by Gasteiger charge is -2.11. The van der Waals surface area contributed by atoms with Gasteiger partial charge >= 0.3 is 0 Å². The standard InChI is InChI=1S/C14H14FN3OS2/c1-8(13-16-3-4-21-13)7-18-11-6-12(19-2)9(15)5-10(11)17-14(18)20/h3-6,8H,7H2,1-2H3,(H,17,20). The van der Waals surface area contributed by atoms with Crippen molar-refractivity contribution >= 4 is 34.6 Å². The number of H-pyrrole nitrogens is 1. The van der Waals surface area contributed by atoms with Crippen LogP contribution in [0.1, 0.15) is 17.8 Å². The zero-order valence-corrected chi connectivity index (χ0v) is 13.2. The fourth-order valence-corrected chi connectivity index (χ4v) is 3.30. The van der Waals surface area contributed by atoms with Gasteiger partial charge in [0, 0.05) is 36.2 Å². The fraction of sp³-hybridized carbons (Fsp3) is 0.286. The number of imidazole rings is 1. The molecule has 0 aliphatic carbocycles. The summed E-state index contributed by atoms with van der Waals surface area (Å²) >= 11 is 6.97. The number of aromatic nitrogens is 3. The van der Waals surface area contributed by atoms with Gasteiger partial charge in [0.25, 0.3) is 0 Å². The van der Waals surface area contributed by atoms with E-state index in [4.69, 9.17) is 17.0 Å². The minimum Gasteiger partial charge on any atom is -0.494 e. The van der Waals surface area contributed by atoms with E-state index in [0.717, 1.165) is 10.5 Å². The molecule has 7 heteroatoms. The van der Waals surface area contributed by atoms with E-state index in [0.29, 0.717) is 16.8 Å². The van der Waals surface area contributed by atoms with Crippen LogP contribution in [0, 0.1) is 10.6 Å². The molecule has 0 aliphatic heterocycles. The number of ether oxygens (including phenoxy) is 1. The Hall–Kier alpha value is -1.73. The average molecular weight is 323 g/mol. The number of nitrogens with one attached hydrogen (secondary N) is 1. The molecule has 1 N–H and O–H groups in total. The molecule has 3 aromatic rings. The number of methoxy groups -OCH3 is 1. The second kappa shape index (κ2) is 5.57. The molecule has 0 saturated carbocycles. The van der Waals surface area contributed by atoms with Gasteiger partial charge in [-0.2, -0.15) is 0 Å². The molecular formula is C14H14FN3OS2. The highest BCUT2D eigenvalue weighted by Crippen LogP contribution is 2.27. The molecule has 2 heterocycles. The molecule has 1 unspecified atom stereocenters. The van der Waals surface area contributed by atoms with Crippen LogP contribution in [0.3, 0.4) is 0 Å². The summed E-state index contributed by atoms with van der Waals surface area (Å²) in [5.41, 5.74) is 1.51. The van der Waals surface area contributed by atoms with Crippen molar-refractivity contribution < 1.29 is 9.13 Å². The summed E-state index contributed by atoms with van der Waals surface area (Å²) in [7, 11) is 1.45. The molecule has 1 aromatic carbocycles. The Labute approximate surface area is 130 Å². The molecule has 0 amide bonds. The third-order valence-corrected chi connectivity index (χ3v) is 4.71. The Kier molecular flexibility index (Phi) is 3.77. The highest BCUT2D eigenvalue weighted by atomic mass is 32.1. The Morgan fingerprint density at radius 3 is 3.00 bits per heavy atom. The van der Waals surface area contributed by atoms with Gasteiger partial charge in [-0.25, -0.2) is 9.37 Å². The monoisotopic (exact) mass is 323 g/mol. The quantitative estimate of drug-likeness (QED) is 0.735. The molecule has 0 spiro atoms. The number of thiazole rings is 1. The number of aromatic amines is 1. The molecular weight excluding hydrogens is 309 g/mol. The number of fused-ring (bicyclic) bond motifs is 1. The van der Waals surface area contributed by atoms with Crippen molar-refractivity contribution in [3.8, 4) is 5.75 Å². The van der Waals surface area contributed by atoms with Crippen LogP contribution in [0.4, 0.5) is 4.39 Å². The van der Waals surface area contributed by atoms with Gasteiger partial charge in [-0.05, 0) is 12.2 Å². The third kappa shape index (κ3) is 2.58. The van der Waals surface area contributed by atoms with Gasteiger partial charge in [0.05, 0.1) is 23.2 Å². The molecule has 0 bridgehead atoms. The summed E-state index contributed by atoms with van der Waals surface area (Å²) in [5, 5.41) is 3.01. The zero-order chi connectivity index (χ0) is 15.0. The summed E-state index contributed by atoms with van der Waals surface area (Å²) in [6, 6.07) is 3.08. The predicted octanol–water partition coefficient (Wildman–Crippen LogP) is 4.11. The van der Waals surface area contributed by atoms with Crippen LogP contribution in [-0.2, 0) is 6.54 Å². The number of hydrogen-bond donors (Lipinski definition) is 1. The van der Waals surface area contributed by atoms with Crippen molar-refractivity contribution in [1.82, 2.24) is 14.5 Å². The second-order valence-electron chi connectivity index (χ2n) is 4.82. The molecule has 1 atom stereocenters. The lowest BCUT2D eigenvalue weighted by molar-refractivity contribution is 0.387. The van der Waals surface area contributed by atoms with Gasteiger partial charge in [0.15, 0.2) is 16.3 Å². The largest absolute Gasteiger partial charge is 0.494 e. The van der Waals surface area contributed by atoms with Crippen LogP contribution in [-0.4, -0.2) is 21.6 Å². The minimum atomic E-state index is -0.402. The van der Waals surface area contributed by atoms with Crippen molar-refractivity contribution in [1.29, 1.82) is 0 Å². The molecule has 0 aliphatic rings. The summed E-state index contributed by atoms with van der Waals surface area (Å²) < 4.78 is 21.3. The third-order valence-electron chi connectivity index (χ3n) is 3.38. The number of benzene rings is 1. The van der Waals surface area contributed by atoms with Gasteiger partial charge in [-0.1, -0.05) is 6.92 Å². The van der Waals surface area contributed by atoms with Gasteiger partial charge < -0.3 is 14.3 Å². The van der Waals surface area contributed by atoms with E-state index in [2.05, 4.69) is 16.9 Å². The maximum absolute atomic E-state index is 13.8. The second-order valence-corrected chi connectivity index (χ2v) is 6.13. The smallest absolute Gasteiger partial charge is 0.178 e. The lowest BCUT2D eigenvalue weighted by atomic mass is 10.2. The first kappa shape index (κ1) is 14.2. The fourth-order valence-electron chi connectivity index (χ4n) is 2.33. The van der Waals surface area contributed by atoms with Crippen molar-refractivity contribution in [2.75, 3.05) is 7.11 Å². The van der Waals surface area contributed by atoms with E-state index in [1.165, 1.54) is 13.2 Å². The van der Waals surface area contributed by atoms with Crippen LogP contribution in [0.25, 0.3) is 11.0 Å². The van der Waals surface area contributed by atoms with Crippen molar-refractivity contribution in [2.24, 2.45) is 0 Å². The van der Waals surface area contributed by atoms with E-state index >= 15 is 0 Å². The maximum atomic E-state index is 13.8. The number of hydrogen-bond acceptors (Lipinski definition) is 4. The average Bonchev–Trinajstić information content (AvgIpc) is 3.07. The van der Waals surface area contributed by atoms with Crippen LogP contribution in [0.2, 0.25) is 0 Å². The van der Waals surface area contributed by atoms with E-state index in [9.17, 15) is 4.39 Å². The first-order valence-electron chi connectivity index (χ1n) is 6.45. The molecule has 4 nitrogen and oxygen atoms in total. The zero-order valence-electron chi connectivity index (χ0n) is 11.6. The maximum Gasteiger partial charge on any atom is 0.178 e. The van der Waals surface area contributed by atoms with E-state index in [1.54, 1.807) is 23.6 Å². The number of rotatable bonds is 4. The van der Waals surface area contributed by atoms with Crippen molar-refractivity contribution in [2.45, 2.75) is 19.4 Å². The Balaban J connectivity index is 2.05. The number of nitrogens with zero attached hydrogens (tertiary/aromatic N) is 2. The lowest BCUT2D eigenvalue weighted by Crippen LogP contribution is -2.06. The Morgan fingerprint density at radius 2 is 2.33 bits per heavy atom. The highest BCUT2D eigenvalue weighted by Gasteiger charge is 2.14. The molecule has 2 aromatic heterocycles. The normalized spacial score (nSPS) is 12.7. The summed E-state index contributed by atoms with van der Waals surface area (Å²) in [6.45, 7) is 2.78. The van der Waals surface area contributed by atoms with Crippen LogP contribution < -0.4 is 4.74 Å².